The maximum absolute atomic E-state index is 14.7. The lowest BCUT2D eigenvalue weighted by molar-refractivity contribution is 0.0946. The summed E-state index contributed by atoms with van der Waals surface area (Å²) in [5, 5.41) is 15.9. The van der Waals surface area contributed by atoms with Crippen LogP contribution in [0.3, 0.4) is 0 Å². The minimum absolute atomic E-state index is 0.0660. The van der Waals surface area contributed by atoms with Crippen LogP contribution in [0.5, 0.6) is 0 Å². The number of piperidine rings is 1. The highest BCUT2D eigenvalue weighted by atomic mass is 19.1. The average Bonchev–Trinajstić information content (AvgIpc) is 3.62. The number of nitrogens with zero attached hydrogens (tertiary/aromatic N) is 6. The van der Waals surface area contributed by atoms with Crippen LogP contribution in [0.4, 0.5) is 10.1 Å². The van der Waals surface area contributed by atoms with Gasteiger partial charge in [0.15, 0.2) is 0 Å². The molecule has 1 aliphatic rings. The van der Waals surface area contributed by atoms with Gasteiger partial charge in [-0.2, -0.15) is 14.8 Å². The Balaban J connectivity index is 1.37. The minimum Gasteiger partial charge on any atom is -0.377 e. The van der Waals surface area contributed by atoms with Gasteiger partial charge in [-0.1, -0.05) is 18.7 Å². The van der Waals surface area contributed by atoms with Crippen LogP contribution in [0.15, 0.2) is 47.8 Å². The van der Waals surface area contributed by atoms with Crippen LogP contribution in [-0.2, 0) is 12.1 Å². The smallest absolute Gasteiger partial charge is 0.291 e. The van der Waals surface area contributed by atoms with Crippen molar-refractivity contribution in [1.29, 1.82) is 0 Å². The lowest BCUT2D eigenvalue weighted by Gasteiger charge is -2.33. The fraction of sp³-hybridized carbons (Fsp3) is 0.429. The fourth-order valence-corrected chi connectivity index (χ4v) is 4.81. The number of carbonyl (C=O) groups excluding carboxylic acids is 1. The summed E-state index contributed by atoms with van der Waals surface area (Å²) in [4.78, 5) is 19.1. The zero-order chi connectivity index (χ0) is 27.9. The number of allylic oxidation sites excluding steroid dienone is 1. The van der Waals surface area contributed by atoms with Gasteiger partial charge in [-0.15, -0.1) is 0 Å². The second-order valence-electron chi connectivity index (χ2n) is 11.2. The van der Waals surface area contributed by atoms with Crippen molar-refractivity contribution in [2.75, 3.05) is 25.5 Å². The summed E-state index contributed by atoms with van der Waals surface area (Å²) in [6, 6.07) is 7.23. The van der Waals surface area contributed by atoms with E-state index in [0.29, 0.717) is 24.0 Å². The lowest BCUT2D eigenvalue weighted by atomic mass is 10.0. The van der Waals surface area contributed by atoms with Crippen LogP contribution in [0.25, 0.3) is 22.4 Å². The van der Waals surface area contributed by atoms with Crippen molar-refractivity contribution < 1.29 is 13.7 Å². The molecule has 1 aliphatic heterocycles. The third-order valence-corrected chi connectivity index (χ3v) is 6.97. The maximum atomic E-state index is 14.7. The van der Waals surface area contributed by atoms with Gasteiger partial charge in [0.2, 0.25) is 5.89 Å². The molecule has 0 radical (unpaired) electrons. The number of aromatic nitrogens is 5. The number of rotatable bonds is 7. The maximum Gasteiger partial charge on any atom is 0.291 e. The number of carbonyl (C=O) groups is 1. The normalized spacial score (nSPS) is 18.4. The number of nitrogens with one attached hydrogen (secondary N) is 2. The van der Waals surface area contributed by atoms with E-state index in [9.17, 15) is 9.18 Å². The fourth-order valence-electron chi connectivity index (χ4n) is 4.81. The van der Waals surface area contributed by atoms with Gasteiger partial charge in [0, 0.05) is 36.4 Å². The van der Waals surface area contributed by atoms with Gasteiger partial charge < -0.3 is 24.6 Å². The lowest BCUT2D eigenvalue weighted by Crippen LogP contribution is -2.46. The predicted molar refractivity (Wildman–Crippen MR) is 149 cm³/mol. The predicted octanol–water partition coefficient (Wildman–Crippen LogP) is 4.38. The number of alkyl halides is 1. The van der Waals surface area contributed by atoms with Crippen molar-refractivity contribution in [3.05, 3.63) is 60.4 Å². The van der Waals surface area contributed by atoms with Crippen LogP contribution in [-0.4, -0.2) is 67.6 Å². The number of benzene rings is 1. The molecule has 5 rings (SSSR count). The van der Waals surface area contributed by atoms with E-state index in [2.05, 4.69) is 48.1 Å². The number of anilines is 1. The number of hydrogen-bond donors (Lipinski definition) is 2. The SMILES string of the molecule is C=C(C)c1c2cccc(N[C@@H]3CCN(C)C[C@@H]3F)c2nn1-c1noc(CNC(=O)c2ccn(C(C)(C)C)c2)n1. The molecule has 39 heavy (non-hydrogen) atoms. The Labute approximate surface area is 226 Å². The molecule has 1 saturated heterocycles. The zero-order valence-electron chi connectivity index (χ0n) is 23.0. The van der Waals surface area contributed by atoms with E-state index < -0.39 is 6.17 Å². The largest absolute Gasteiger partial charge is 0.377 e. The summed E-state index contributed by atoms with van der Waals surface area (Å²) in [7, 11) is 1.93. The second-order valence-corrected chi connectivity index (χ2v) is 11.2. The number of hydrogen-bond acceptors (Lipinski definition) is 7. The first-order valence-electron chi connectivity index (χ1n) is 13.1. The topological polar surface area (TPSA) is 106 Å². The Hall–Kier alpha value is -3.99. The van der Waals surface area contributed by atoms with Crippen LogP contribution in [0, 0.1) is 0 Å². The van der Waals surface area contributed by atoms with Gasteiger partial charge in [0.25, 0.3) is 11.9 Å². The highest BCUT2D eigenvalue weighted by Gasteiger charge is 2.28. The molecule has 0 saturated carbocycles. The van der Waals surface area contributed by atoms with E-state index in [0.717, 1.165) is 28.9 Å². The average molecular weight is 535 g/mol. The first kappa shape index (κ1) is 26.6. The van der Waals surface area contributed by atoms with Crippen LogP contribution >= 0.6 is 0 Å². The van der Waals surface area contributed by atoms with Gasteiger partial charge in [0.05, 0.1) is 29.5 Å². The quantitative estimate of drug-likeness (QED) is 0.362. The Morgan fingerprint density at radius 2 is 2.08 bits per heavy atom. The van der Waals surface area contributed by atoms with Crippen LogP contribution in [0.1, 0.15) is 56.1 Å². The molecule has 3 aromatic heterocycles. The van der Waals surface area contributed by atoms with Gasteiger partial charge in [-0.3, -0.25) is 4.79 Å². The van der Waals surface area contributed by atoms with Crippen LogP contribution < -0.4 is 10.6 Å². The molecule has 4 aromatic rings. The monoisotopic (exact) mass is 534 g/mol. The van der Waals surface area contributed by atoms with E-state index in [1.54, 1.807) is 10.7 Å². The molecule has 1 amide bonds. The summed E-state index contributed by atoms with van der Waals surface area (Å²) in [6.45, 7) is 13.5. The van der Waals surface area contributed by atoms with E-state index in [1.165, 1.54) is 0 Å². The third-order valence-electron chi connectivity index (χ3n) is 6.97. The molecule has 11 heteroatoms. The number of amides is 1. The summed E-state index contributed by atoms with van der Waals surface area (Å²) in [5.41, 5.74) is 3.33. The number of halogens is 1. The molecule has 4 heterocycles. The molecule has 1 aromatic carbocycles. The molecule has 0 bridgehead atoms. The summed E-state index contributed by atoms with van der Waals surface area (Å²) in [5.74, 6) is 0.229. The Bertz CT molecular complexity index is 1510. The molecule has 2 atom stereocenters. The summed E-state index contributed by atoms with van der Waals surface area (Å²) < 4.78 is 23.7. The van der Waals surface area contributed by atoms with Crippen LogP contribution in [0.2, 0.25) is 0 Å². The minimum atomic E-state index is -0.983. The third kappa shape index (κ3) is 5.44. The van der Waals surface area contributed by atoms with Crippen molar-refractivity contribution in [3.63, 3.8) is 0 Å². The Kier molecular flexibility index (Phi) is 7.02. The van der Waals surface area contributed by atoms with E-state index >= 15 is 0 Å². The van der Waals surface area contributed by atoms with E-state index in [4.69, 9.17) is 9.62 Å². The second kappa shape index (κ2) is 10.3. The zero-order valence-corrected chi connectivity index (χ0v) is 23.0. The number of likely N-dealkylation sites (tertiary alicyclic amines) is 1. The molecule has 0 unspecified atom stereocenters. The summed E-state index contributed by atoms with van der Waals surface area (Å²) >= 11 is 0. The molecule has 2 N–H and O–H groups in total. The van der Waals surface area contributed by atoms with E-state index in [-0.39, 0.29) is 35.9 Å². The molecule has 1 fully saturated rings. The summed E-state index contributed by atoms with van der Waals surface area (Å²) in [6.07, 6.45) is 3.41. The Morgan fingerprint density at radius 1 is 1.28 bits per heavy atom. The van der Waals surface area contributed by atoms with Crippen molar-refractivity contribution >= 4 is 28.1 Å². The molecule has 0 spiro atoms. The van der Waals surface area contributed by atoms with Crippen molar-refractivity contribution in [3.8, 4) is 5.95 Å². The van der Waals surface area contributed by atoms with Gasteiger partial charge in [-0.25, -0.2) is 4.39 Å². The first-order valence-corrected chi connectivity index (χ1v) is 13.1. The standard InChI is InChI=1S/C28H35FN8O2/c1-17(2)25-19-8-7-9-22(31-21-11-12-35(6)16-20(21)29)24(19)33-37(25)27-32-23(39-34-27)14-30-26(38)18-10-13-36(15-18)28(3,4)5/h7-10,13,15,20-21,31H,1,11-12,14,16H2,2-6H3,(H,30,38)/t20-,21+/m0/s1. The van der Waals surface area contributed by atoms with Gasteiger partial charge in [0.1, 0.15) is 11.7 Å². The van der Waals surface area contributed by atoms with Crippen molar-refractivity contribution in [2.24, 2.45) is 0 Å². The Morgan fingerprint density at radius 3 is 2.77 bits per heavy atom. The highest BCUT2D eigenvalue weighted by molar-refractivity contribution is 5.97. The molecule has 10 nitrogen and oxygen atoms in total. The van der Waals surface area contributed by atoms with Crippen molar-refractivity contribution in [1.82, 2.24) is 34.7 Å². The van der Waals surface area contributed by atoms with Gasteiger partial charge >= 0.3 is 0 Å². The van der Waals surface area contributed by atoms with Gasteiger partial charge in [-0.05, 0) is 64.0 Å². The molecular weight excluding hydrogens is 499 g/mol. The number of fused-ring (bicyclic) bond motifs is 1. The molecule has 0 aliphatic carbocycles. The van der Waals surface area contributed by atoms with E-state index in [1.807, 2.05) is 54.0 Å². The molecule has 206 valence electrons. The first-order chi connectivity index (χ1) is 18.5. The van der Waals surface area contributed by atoms with Crippen molar-refractivity contribution in [2.45, 2.75) is 58.4 Å². The molecular formula is C28H35FN8O2. The highest BCUT2D eigenvalue weighted by Crippen LogP contribution is 2.32.